The Morgan fingerprint density at radius 3 is 1.33 bits per heavy atom. The topological polar surface area (TPSA) is 500 Å². The average Bonchev–Trinajstić information content (AvgIpc) is 3.28. The van der Waals surface area contributed by atoms with Crippen molar-refractivity contribution in [2.24, 2.45) is 0 Å². The minimum atomic E-state index is -2.38. The number of hydrogen-bond acceptors (Lipinski definition) is 29. The third kappa shape index (κ3) is 10.9. The van der Waals surface area contributed by atoms with Gasteiger partial charge >= 0.3 is 11.9 Å². The number of ether oxygens (including phenoxy) is 11. The van der Waals surface area contributed by atoms with Crippen molar-refractivity contribution < 1.29 is 154 Å². The SMILES string of the molecule is C[C@@H]1O[C@@H](O[C@@H]2[C@H](O)[C@@H](O)[C@@H](O[C@@H]3[C@H](O)[C@@H](O[C@@H]4O[C@H](CO)[C@H](O[C@@H]5O[C@H](CO)[C@H](O)[C@H](O)[C@H]5O)[C@H](O)[C@H]4O)[C@H](C)O[C@H]3O)O[C@@H]2C(=O)O)[C@H](O[C@H]2O[C@H](C(=O)O)[C@H](O)[C@H](O)[C@H]2O)[C@H](O)[C@H]1O. The van der Waals surface area contributed by atoms with E-state index in [2.05, 4.69) is 0 Å². The zero-order valence-corrected chi connectivity index (χ0v) is 35.1. The van der Waals surface area contributed by atoms with Gasteiger partial charge in [0, 0.05) is 0 Å². The summed E-state index contributed by atoms with van der Waals surface area (Å²) in [6.45, 7) is 0.662. The second kappa shape index (κ2) is 22.1. The molecule has 6 fully saturated rings. The second-order valence-corrected chi connectivity index (χ2v) is 16.8. The van der Waals surface area contributed by atoms with Crippen LogP contribution in [0.4, 0.5) is 0 Å². The van der Waals surface area contributed by atoms with Gasteiger partial charge in [-0.05, 0) is 13.8 Å². The molecule has 0 amide bonds. The Hall–Kier alpha value is -2.14. The highest BCUT2D eigenvalue weighted by atomic mass is 16.8. The summed E-state index contributed by atoms with van der Waals surface area (Å²) in [6, 6.07) is 0. The molecule has 0 saturated carbocycles. The number of carboxylic acids is 2. The van der Waals surface area contributed by atoms with Crippen molar-refractivity contribution in [1.82, 2.24) is 0 Å². The maximum atomic E-state index is 12.6. The number of carboxylic acid groups (broad SMARTS) is 2. The van der Waals surface area contributed by atoms with Gasteiger partial charge in [-0.1, -0.05) is 0 Å². The smallest absolute Gasteiger partial charge is 0.335 e. The third-order valence-corrected chi connectivity index (χ3v) is 12.3. The Kier molecular flexibility index (Phi) is 17.9. The van der Waals surface area contributed by atoms with Gasteiger partial charge in [0.25, 0.3) is 0 Å². The Morgan fingerprint density at radius 1 is 0.358 bits per heavy atom. The van der Waals surface area contributed by atoms with Crippen LogP contribution >= 0.6 is 0 Å². The van der Waals surface area contributed by atoms with Gasteiger partial charge in [-0.2, -0.15) is 0 Å². The fraction of sp³-hybridized carbons (Fsp3) is 0.944. The summed E-state index contributed by atoms with van der Waals surface area (Å²) in [7, 11) is 0. The normalized spacial score (nSPS) is 53.2. The van der Waals surface area contributed by atoms with E-state index in [9.17, 15) is 102 Å². The summed E-state index contributed by atoms with van der Waals surface area (Å²) in [4.78, 5) is 24.2. The van der Waals surface area contributed by atoms with Gasteiger partial charge in [0.05, 0.1) is 25.4 Å². The Morgan fingerprint density at radius 2 is 0.776 bits per heavy atom. The van der Waals surface area contributed by atoms with Crippen LogP contribution in [-0.4, -0.2) is 301 Å². The summed E-state index contributed by atoms with van der Waals surface area (Å²) in [6.07, 6.45) is -59.6. The summed E-state index contributed by atoms with van der Waals surface area (Å²) >= 11 is 0. The highest BCUT2D eigenvalue weighted by molar-refractivity contribution is 5.74. The number of rotatable bonds is 14. The summed E-state index contributed by atoms with van der Waals surface area (Å²) in [5.41, 5.74) is 0. The number of carbonyl (C=O) groups is 2. The van der Waals surface area contributed by atoms with Crippen LogP contribution in [0.25, 0.3) is 0 Å². The van der Waals surface area contributed by atoms with Crippen molar-refractivity contribution in [1.29, 1.82) is 0 Å². The molecular weight excluding hydrogens is 928 g/mol. The van der Waals surface area contributed by atoms with Gasteiger partial charge in [0.2, 0.25) is 0 Å². The Labute approximate surface area is 376 Å². The fourth-order valence-corrected chi connectivity index (χ4v) is 8.36. The van der Waals surface area contributed by atoms with Crippen molar-refractivity contribution in [3.8, 4) is 0 Å². The van der Waals surface area contributed by atoms with Gasteiger partial charge in [0.1, 0.15) is 122 Å². The van der Waals surface area contributed by atoms with E-state index in [-0.39, 0.29) is 0 Å². The van der Waals surface area contributed by atoms with Gasteiger partial charge in [-0.3, -0.25) is 0 Å². The monoisotopic (exact) mass is 986 g/mol. The number of aliphatic hydroxyl groups is 16. The van der Waals surface area contributed by atoms with E-state index < -0.39 is 209 Å². The van der Waals surface area contributed by atoms with E-state index in [4.69, 9.17) is 52.1 Å². The van der Waals surface area contributed by atoms with Gasteiger partial charge in [-0.15, -0.1) is 0 Å². The predicted molar refractivity (Wildman–Crippen MR) is 197 cm³/mol. The molecule has 67 heavy (non-hydrogen) atoms. The highest BCUT2D eigenvalue weighted by Gasteiger charge is 2.58. The lowest BCUT2D eigenvalue weighted by atomic mass is 9.95. The molecule has 18 N–H and O–H groups in total. The minimum absolute atomic E-state index is 0.837. The van der Waals surface area contributed by atoms with Crippen LogP contribution in [0.2, 0.25) is 0 Å². The van der Waals surface area contributed by atoms with Crippen LogP contribution in [0.1, 0.15) is 13.8 Å². The molecule has 31 heteroatoms. The van der Waals surface area contributed by atoms with Crippen molar-refractivity contribution in [2.45, 2.75) is 198 Å². The first-order chi connectivity index (χ1) is 31.4. The lowest BCUT2D eigenvalue weighted by Gasteiger charge is -2.49. The van der Waals surface area contributed by atoms with E-state index in [1.54, 1.807) is 0 Å². The maximum absolute atomic E-state index is 12.6. The highest BCUT2D eigenvalue weighted by Crippen LogP contribution is 2.37. The lowest BCUT2D eigenvalue weighted by Crippen LogP contribution is -2.68. The number of hydrogen-bond donors (Lipinski definition) is 18. The molecule has 6 rings (SSSR count). The summed E-state index contributed by atoms with van der Waals surface area (Å²) in [5, 5.41) is 189. The summed E-state index contributed by atoms with van der Waals surface area (Å²) in [5.74, 6) is -3.72. The molecule has 0 aromatic heterocycles. The van der Waals surface area contributed by atoms with E-state index in [0.29, 0.717) is 0 Å². The van der Waals surface area contributed by atoms with Crippen molar-refractivity contribution in [2.75, 3.05) is 13.2 Å². The molecule has 6 aliphatic rings. The molecule has 6 aliphatic heterocycles. The molecule has 0 unspecified atom stereocenters. The van der Waals surface area contributed by atoms with Crippen LogP contribution in [0.3, 0.4) is 0 Å². The first-order valence-corrected chi connectivity index (χ1v) is 20.8. The molecule has 31 nitrogen and oxygen atoms in total. The molecule has 0 radical (unpaired) electrons. The van der Waals surface area contributed by atoms with E-state index in [1.807, 2.05) is 0 Å². The molecule has 6 heterocycles. The van der Waals surface area contributed by atoms with Gasteiger partial charge in [0.15, 0.2) is 49.9 Å². The average molecular weight is 987 g/mol. The van der Waals surface area contributed by atoms with Crippen LogP contribution in [0, 0.1) is 0 Å². The van der Waals surface area contributed by atoms with Crippen LogP contribution < -0.4 is 0 Å². The Bertz CT molecular complexity index is 1630. The predicted octanol–water partition coefficient (Wildman–Crippen LogP) is -11.9. The molecule has 388 valence electrons. The minimum Gasteiger partial charge on any atom is -0.479 e. The first-order valence-electron chi connectivity index (χ1n) is 20.8. The van der Waals surface area contributed by atoms with Crippen molar-refractivity contribution in [3.63, 3.8) is 0 Å². The second-order valence-electron chi connectivity index (χ2n) is 16.8. The molecule has 0 aromatic rings. The molecule has 0 bridgehead atoms. The zero-order valence-electron chi connectivity index (χ0n) is 35.1. The zero-order chi connectivity index (χ0) is 49.7. The molecular formula is C36H58O31. The maximum Gasteiger partial charge on any atom is 0.335 e. The van der Waals surface area contributed by atoms with Crippen molar-refractivity contribution >= 4 is 11.9 Å². The molecule has 0 spiro atoms. The van der Waals surface area contributed by atoms with Gasteiger partial charge in [-0.25, -0.2) is 9.59 Å². The van der Waals surface area contributed by atoms with E-state index in [1.165, 1.54) is 13.8 Å². The van der Waals surface area contributed by atoms with Gasteiger partial charge < -0.3 is 144 Å². The van der Waals surface area contributed by atoms with E-state index >= 15 is 0 Å². The largest absolute Gasteiger partial charge is 0.479 e. The third-order valence-electron chi connectivity index (χ3n) is 12.3. The molecule has 0 aliphatic carbocycles. The Balaban J connectivity index is 1.14. The lowest BCUT2D eigenvalue weighted by molar-refractivity contribution is -0.397. The first kappa shape index (κ1) is 54.2. The summed E-state index contributed by atoms with van der Waals surface area (Å²) < 4.78 is 60.3. The molecule has 30 atom stereocenters. The van der Waals surface area contributed by atoms with Crippen LogP contribution in [-0.2, 0) is 61.7 Å². The number of aliphatic hydroxyl groups excluding tert-OH is 16. The molecule has 6 saturated heterocycles. The number of aliphatic carboxylic acids is 2. The van der Waals surface area contributed by atoms with Crippen LogP contribution in [0.5, 0.6) is 0 Å². The standard InChI is InChI=1S/C36H58O31/c1-5-9(39)13(43)27(66-34-18(48)12(42)14(44)25(64-34)29(52)53)36(58-5)63-24-16(46)20(50)35(67-28(24)30(54)55)65-26-21(51)22(6(2)57-31(26)56)61-33-19(49)15(45)23(8(4-38)60-33)62-32-17(47)11(41)10(40)7(3-37)59-32/h5-28,31-51,56H,3-4H2,1-2H3,(H,52,53)(H,54,55)/t5-,6-,7+,8+,9-,10-,11-,12-,13+,14+,15+,16+,17+,18+,19+,20+,21+,22-,23-,24+,25-,26+,27+,28-,31+,32-,33-,34+,35-,36-/m0/s1. The molecule has 0 aromatic carbocycles. The van der Waals surface area contributed by atoms with Crippen molar-refractivity contribution in [3.05, 3.63) is 0 Å². The fourth-order valence-electron chi connectivity index (χ4n) is 8.36. The van der Waals surface area contributed by atoms with E-state index in [0.717, 1.165) is 0 Å². The quantitative estimate of drug-likeness (QED) is 0.0768. The van der Waals surface area contributed by atoms with Crippen LogP contribution in [0.15, 0.2) is 0 Å².